The smallest absolute Gasteiger partial charge is 0.389 e. The molecule has 0 aliphatic rings. The molecule has 1 unspecified atom stereocenters. The molecule has 0 amide bonds. The Morgan fingerprint density at radius 3 is 1.33 bits per heavy atom. The number of sulfonamides is 1. The van der Waals surface area contributed by atoms with Gasteiger partial charge in [0.15, 0.2) is 0 Å². The third-order valence-corrected chi connectivity index (χ3v) is 12.3. The summed E-state index contributed by atoms with van der Waals surface area (Å²) in [6.45, 7) is -3.28. The fourth-order valence-corrected chi connectivity index (χ4v) is 8.16. The molecule has 0 saturated carbocycles. The molecule has 0 aromatic rings. The molecule has 344 valence electrons. The second-order valence-electron chi connectivity index (χ2n) is 11.7. The van der Waals surface area contributed by atoms with E-state index in [0.717, 1.165) is 0 Å². The molecule has 0 rings (SSSR count). The first-order chi connectivity index (χ1) is 25.7. The zero-order valence-corrected chi connectivity index (χ0v) is 32.2. The van der Waals surface area contributed by atoms with Crippen molar-refractivity contribution in [3.05, 3.63) is 0 Å². The van der Waals surface area contributed by atoms with Crippen LogP contribution in [0.4, 0.5) is 74.6 Å². The predicted octanol–water partition coefficient (Wildman–Crippen LogP) is 6.08. The number of alkyl halides is 17. The van der Waals surface area contributed by atoms with Gasteiger partial charge in [-0.25, -0.2) is 8.42 Å². The lowest BCUT2D eigenvalue weighted by Crippen LogP contribution is -2.75. The molecule has 0 aliphatic heterocycles. The second-order valence-corrected chi connectivity index (χ2v) is 16.4. The maximum atomic E-state index is 14.9. The first-order valence-corrected chi connectivity index (χ1v) is 19.5. The van der Waals surface area contributed by atoms with E-state index < -0.39 is 109 Å². The van der Waals surface area contributed by atoms with Gasteiger partial charge in [-0.2, -0.15) is 78.9 Å². The highest BCUT2D eigenvalue weighted by molar-refractivity contribution is 7.90. The minimum Gasteiger partial charge on any atom is -0.389 e. The Kier molecular flexibility index (Phi) is 20.9. The fourth-order valence-electron chi connectivity index (χ4n) is 4.20. The van der Waals surface area contributed by atoms with Crippen LogP contribution >= 0.6 is 0 Å². The van der Waals surface area contributed by atoms with Crippen LogP contribution in [-0.2, 0) is 42.2 Å². The molecule has 0 aliphatic carbocycles. The fraction of sp³-hybridized carbons (Fsp3) is 1.00. The maximum absolute atomic E-state index is 14.9. The van der Waals surface area contributed by atoms with Gasteiger partial charge in [0.1, 0.15) is 0 Å². The summed E-state index contributed by atoms with van der Waals surface area (Å²) < 4.78 is 296. The number of hydrogen-bond donors (Lipinski definition) is 1. The van der Waals surface area contributed by atoms with Crippen LogP contribution in [0.1, 0.15) is 26.2 Å². The third-order valence-electron chi connectivity index (χ3n) is 7.44. The molecule has 0 bridgehead atoms. The van der Waals surface area contributed by atoms with Crippen LogP contribution in [0.15, 0.2) is 0 Å². The average molecular weight is 924 g/mol. The average Bonchev–Trinajstić information content (AvgIpc) is 3.09. The van der Waals surface area contributed by atoms with E-state index in [9.17, 15) is 88.2 Å². The lowest BCUT2D eigenvalue weighted by molar-refractivity contribution is -0.458. The number of hydrogen-bond acceptors (Lipinski definition) is 10. The van der Waals surface area contributed by atoms with Crippen molar-refractivity contribution in [3.8, 4) is 0 Å². The van der Waals surface area contributed by atoms with Gasteiger partial charge >= 0.3 is 55.8 Å². The van der Waals surface area contributed by atoms with Crippen LogP contribution < -0.4 is 0 Å². The van der Waals surface area contributed by atoms with Crippen molar-refractivity contribution in [1.29, 1.82) is 0 Å². The van der Waals surface area contributed by atoms with Gasteiger partial charge in [-0.3, -0.25) is 0 Å². The van der Waals surface area contributed by atoms with Crippen LogP contribution in [0.2, 0.25) is 6.04 Å². The third kappa shape index (κ3) is 12.1. The normalized spacial score (nSPS) is 15.5. The molecule has 57 heavy (non-hydrogen) atoms. The number of aliphatic hydroxyl groups is 1. The van der Waals surface area contributed by atoms with Gasteiger partial charge in [-0.15, -0.1) is 0 Å². The number of aliphatic hydroxyl groups excluding tert-OH is 1. The first-order valence-electron chi connectivity index (χ1n) is 16.1. The first kappa shape index (κ1) is 55.6. The van der Waals surface area contributed by atoms with Crippen molar-refractivity contribution in [1.82, 2.24) is 4.31 Å². The highest BCUT2D eigenvalue weighted by Gasteiger charge is 2.96. The molecular weight excluding hydrogens is 881 g/mol. The van der Waals surface area contributed by atoms with Crippen LogP contribution in [0.5, 0.6) is 0 Å². The van der Waals surface area contributed by atoms with E-state index >= 15 is 0 Å². The van der Waals surface area contributed by atoms with Crippen molar-refractivity contribution in [3.63, 3.8) is 0 Å². The molecule has 1 atom stereocenters. The Hall–Kier alpha value is -1.38. The molecule has 0 heterocycles. The minimum absolute atomic E-state index is 0.0273. The molecule has 0 aromatic carbocycles. The summed E-state index contributed by atoms with van der Waals surface area (Å²) in [5.41, 5.74) is 0. The number of halogens is 17. The van der Waals surface area contributed by atoms with Gasteiger partial charge in [-0.1, -0.05) is 13.3 Å². The van der Waals surface area contributed by atoms with Crippen LogP contribution in [0, 0.1) is 0 Å². The van der Waals surface area contributed by atoms with E-state index in [1.54, 1.807) is 0 Å². The van der Waals surface area contributed by atoms with E-state index in [0.29, 0.717) is 0 Å². The highest BCUT2D eigenvalue weighted by Crippen LogP contribution is 2.64. The molecule has 0 spiro atoms. The zero-order valence-electron chi connectivity index (χ0n) is 30.4. The number of rotatable bonds is 31. The molecule has 0 aromatic heterocycles. The van der Waals surface area contributed by atoms with Gasteiger partial charge < -0.3 is 37.3 Å². The summed E-state index contributed by atoms with van der Waals surface area (Å²) in [5.74, 6) is -52.3. The summed E-state index contributed by atoms with van der Waals surface area (Å²) in [6.07, 6.45) is -11.2. The Balaban J connectivity index is 6.34. The summed E-state index contributed by atoms with van der Waals surface area (Å²) in [5, 5.41) is 2.53. The van der Waals surface area contributed by atoms with Crippen LogP contribution in [-0.4, -0.2) is 167 Å². The monoisotopic (exact) mass is 923 g/mol. The summed E-state index contributed by atoms with van der Waals surface area (Å²) in [6, 6.07) is -0.0315. The van der Waals surface area contributed by atoms with Gasteiger partial charge in [0.05, 0.1) is 52.4 Å². The van der Waals surface area contributed by atoms with Gasteiger partial charge in [0, 0.05) is 47.1 Å². The standard InChI is InChI=1S/C27H42F17NO10SSi/c1-5-6-8-45(17-19(46)18-52-9-7-16-57(53-13-10-49-2,54-14-11-50-3)55-15-12-51-4)56(47,48)27(43,44)25(38,39)23(34,35)21(30,31)20(28,29)22(32,33)24(36,37)26(40,41)42/h19,46H,5-18H2,1-4H3. The van der Waals surface area contributed by atoms with Crippen LogP contribution in [0.3, 0.4) is 0 Å². The van der Waals surface area contributed by atoms with E-state index in [1.165, 1.54) is 28.3 Å². The quantitative estimate of drug-likeness (QED) is 0.0498. The number of ether oxygens (including phenoxy) is 4. The lowest BCUT2D eigenvalue weighted by Gasteiger charge is -2.43. The molecule has 0 fully saturated rings. The Bertz CT molecular complexity index is 1270. The zero-order chi connectivity index (χ0) is 45.0. The van der Waals surface area contributed by atoms with Crippen molar-refractivity contribution in [2.45, 2.75) is 85.3 Å². The SMILES string of the molecule is CCCCN(CC(O)COCCC[Si](OCCOC)(OCCOC)OCCOC)S(=O)(=O)C(F)(F)C(F)(F)C(F)(F)C(F)(F)C(F)(F)C(F)(F)C(F)(F)C(F)(F)F. The van der Waals surface area contributed by atoms with Crippen molar-refractivity contribution in [2.75, 3.05) is 87.3 Å². The van der Waals surface area contributed by atoms with Crippen molar-refractivity contribution >= 4 is 18.8 Å². The summed E-state index contributed by atoms with van der Waals surface area (Å²) in [4.78, 5) is 0. The van der Waals surface area contributed by atoms with E-state index in [-0.39, 0.29) is 58.5 Å². The summed E-state index contributed by atoms with van der Waals surface area (Å²) >= 11 is 0. The molecule has 30 heteroatoms. The van der Waals surface area contributed by atoms with E-state index in [1.807, 2.05) is 0 Å². The van der Waals surface area contributed by atoms with E-state index in [2.05, 4.69) is 0 Å². The molecule has 0 radical (unpaired) electrons. The van der Waals surface area contributed by atoms with Crippen molar-refractivity contribution in [2.24, 2.45) is 0 Å². The molecular formula is C27H42F17NO10SSi. The Labute approximate surface area is 316 Å². The predicted molar refractivity (Wildman–Crippen MR) is 162 cm³/mol. The number of methoxy groups -OCH3 is 3. The van der Waals surface area contributed by atoms with Crippen LogP contribution in [0.25, 0.3) is 0 Å². The molecule has 11 nitrogen and oxygen atoms in total. The largest absolute Gasteiger partial charge is 0.501 e. The number of nitrogens with zero attached hydrogens (tertiary/aromatic N) is 1. The van der Waals surface area contributed by atoms with Gasteiger partial charge in [0.2, 0.25) is 0 Å². The molecule has 0 saturated heterocycles. The second kappa shape index (κ2) is 21.4. The lowest BCUT2D eigenvalue weighted by atomic mass is 9.91. The van der Waals surface area contributed by atoms with Gasteiger partial charge in [0.25, 0.3) is 10.0 Å². The topological polar surface area (TPSA) is 122 Å². The van der Waals surface area contributed by atoms with Gasteiger partial charge in [-0.05, 0) is 12.8 Å². The minimum atomic E-state index is -8.96. The van der Waals surface area contributed by atoms with E-state index in [4.69, 9.17) is 32.2 Å². The maximum Gasteiger partial charge on any atom is 0.501 e. The van der Waals surface area contributed by atoms with Crippen molar-refractivity contribution < 1.29 is 120 Å². The Morgan fingerprint density at radius 1 is 0.579 bits per heavy atom. The summed E-state index contributed by atoms with van der Waals surface area (Å²) in [7, 11) is -7.09. The highest BCUT2D eigenvalue weighted by atomic mass is 32.2. The Morgan fingerprint density at radius 2 is 0.965 bits per heavy atom. The molecule has 1 N–H and O–H groups in total. The number of unbranched alkanes of at least 4 members (excludes halogenated alkanes) is 1.